The number of rotatable bonds is 5. The molecule has 0 saturated heterocycles. The molecule has 3 heteroatoms. The van der Waals surface area contributed by atoms with Crippen LogP contribution in [0.2, 0.25) is 0 Å². The van der Waals surface area contributed by atoms with Crippen molar-refractivity contribution >= 4 is 5.91 Å². The summed E-state index contributed by atoms with van der Waals surface area (Å²) < 4.78 is 0. The van der Waals surface area contributed by atoms with Crippen LogP contribution in [0.25, 0.3) is 0 Å². The molecule has 1 aromatic rings. The maximum atomic E-state index is 12.1. The minimum Gasteiger partial charge on any atom is -0.349 e. The topological polar surface area (TPSA) is 55.1 Å². The summed E-state index contributed by atoms with van der Waals surface area (Å²) in [6, 6.07) is 9.78. The monoisotopic (exact) mass is 234 g/mol. The maximum Gasteiger partial charge on any atom is 0.227 e. The molecule has 0 heterocycles. The van der Waals surface area contributed by atoms with Gasteiger partial charge in [0.1, 0.15) is 0 Å². The first kappa shape index (κ1) is 13.7. The van der Waals surface area contributed by atoms with Gasteiger partial charge in [0.2, 0.25) is 5.91 Å². The van der Waals surface area contributed by atoms with Gasteiger partial charge in [0, 0.05) is 12.1 Å². The van der Waals surface area contributed by atoms with Gasteiger partial charge in [-0.3, -0.25) is 4.79 Å². The first-order chi connectivity index (χ1) is 8.02. The molecule has 2 atom stereocenters. The van der Waals surface area contributed by atoms with Gasteiger partial charge in [-0.15, -0.1) is 0 Å². The molecule has 0 spiro atoms. The van der Waals surface area contributed by atoms with Crippen LogP contribution in [0.15, 0.2) is 30.3 Å². The fraction of sp³-hybridized carbons (Fsp3) is 0.500. The highest BCUT2D eigenvalue weighted by Crippen LogP contribution is 2.17. The molecule has 0 radical (unpaired) electrons. The van der Waals surface area contributed by atoms with E-state index in [2.05, 4.69) is 5.32 Å². The minimum absolute atomic E-state index is 0.0333. The lowest BCUT2D eigenvalue weighted by Crippen LogP contribution is -2.52. The molecule has 3 nitrogen and oxygen atoms in total. The first-order valence-corrected chi connectivity index (χ1v) is 6.09. The number of carbonyl (C=O) groups is 1. The number of carbonyl (C=O) groups excluding carboxylic acids is 1. The lowest BCUT2D eigenvalue weighted by molar-refractivity contribution is -0.123. The van der Waals surface area contributed by atoms with E-state index in [-0.39, 0.29) is 17.4 Å². The van der Waals surface area contributed by atoms with Gasteiger partial charge < -0.3 is 11.1 Å². The largest absolute Gasteiger partial charge is 0.349 e. The summed E-state index contributed by atoms with van der Waals surface area (Å²) in [5.74, 6) is -0.111. The van der Waals surface area contributed by atoms with E-state index in [9.17, 15) is 4.79 Å². The van der Waals surface area contributed by atoms with Gasteiger partial charge >= 0.3 is 0 Å². The number of hydrogen-bond donors (Lipinski definition) is 2. The average Bonchev–Trinajstić information content (AvgIpc) is 2.38. The Balaban J connectivity index is 2.71. The number of hydrogen-bond acceptors (Lipinski definition) is 2. The maximum absolute atomic E-state index is 12.1. The van der Waals surface area contributed by atoms with Crippen LogP contribution in [0.4, 0.5) is 0 Å². The van der Waals surface area contributed by atoms with Crippen molar-refractivity contribution < 1.29 is 4.79 Å². The van der Waals surface area contributed by atoms with Crippen LogP contribution in [0.5, 0.6) is 0 Å². The van der Waals surface area contributed by atoms with Crippen LogP contribution in [-0.4, -0.2) is 18.0 Å². The quantitative estimate of drug-likeness (QED) is 0.819. The zero-order valence-electron chi connectivity index (χ0n) is 10.9. The van der Waals surface area contributed by atoms with E-state index >= 15 is 0 Å². The normalized spacial score (nSPS) is 16.0. The van der Waals surface area contributed by atoms with E-state index in [1.54, 1.807) is 0 Å². The van der Waals surface area contributed by atoms with Crippen LogP contribution in [0, 0.1) is 0 Å². The third kappa shape index (κ3) is 3.56. The lowest BCUT2D eigenvalue weighted by Gasteiger charge is -2.29. The number of nitrogens with two attached hydrogens (primary N) is 1. The molecule has 2 unspecified atom stereocenters. The van der Waals surface area contributed by atoms with Crippen LogP contribution in [0.3, 0.4) is 0 Å². The standard InChI is InChI=1S/C14H22N2O/c1-4-14(3,10-15)16-13(17)11(2)12-8-6-5-7-9-12/h5-9,11H,4,10,15H2,1-3H3,(H,16,17). The number of benzene rings is 1. The van der Waals surface area contributed by atoms with E-state index in [0.717, 1.165) is 12.0 Å². The molecule has 1 rings (SSSR count). The van der Waals surface area contributed by atoms with Gasteiger partial charge in [0.25, 0.3) is 0 Å². The van der Waals surface area contributed by atoms with Crippen LogP contribution in [0.1, 0.15) is 38.7 Å². The molecule has 1 aromatic carbocycles. The highest BCUT2D eigenvalue weighted by molar-refractivity contribution is 5.83. The molecule has 0 aliphatic heterocycles. The highest BCUT2D eigenvalue weighted by Gasteiger charge is 2.25. The molecule has 17 heavy (non-hydrogen) atoms. The van der Waals surface area contributed by atoms with Gasteiger partial charge in [0.15, 0.2) is 0 Å². The summed E-state index contributed by atoms with van der Waals surface area (Å²) >= 11 is 0. The molecule has 0 saturated carbocycles. The molecule has 0 bridgehead atoms. The summed E-state index contributed by atoms with van der Waals surface area (Å²) in [4.78, 5) is 12.1. The van der Waals surface area contributed by atoms with E-state index in [1.807, 2.05) is 51.1 Å². The second kappa shape index (κ2) is 5.82. The molecule has 0 aliphatic carbocycles. The number of nitrogens with one attached hydrogen (secondary N) is 1. The Morgan fingerprint density at radius 2 is 2.00 bits per heavy atom. The van der Waals surface area contributed by atoms with Crippen molar-refractivity contribution in [3.05, 3.63) is 35.9 Å². The molecule has 94 valence electrons. The van der Waals surface area contributed by atoms with Crippen molar-refractivity contribution in [1.82, 2.24) is 5.32 Å². The Morgan fingerprint density at radius 1 is 1.41 bits per heavy atom. The number of amides is 1. The van der Waals surface area contributed by atoms with Crippen molar-refractivity contribution in [2.75, 3.05) is 6.54 Å². The van der Waals surface area contributed by atoms with Gasteiger partial charge in [0.05, 0.1) is 5.92 Å². The predicted molar refractivity (Wildman–Crippen MR) is 70.8 cm³/mol. The predicted octanol–water partition coefficient (Wildman–Crippen LogP) is 2.03. The van der Waals surface area contributed by atoms with Crippen LogP contribution in [-0.2, 0) is 4.79 Å². The molecular weight excluding hydrogens is 212 g/mol. The molecular formula is C14H22N2O. The summed E-state index contributed by atoms with van der Waals surface area (Å²) in [6.45, 7) is 6.37. The molecule has 0 fully saturated rings. The minimum atomic E-state index is -0.305. The Bertz CT molecular complexity index is 358. The van der Waals surface area contributed by atoms with E-state index in [1.165, 1.54) is 0 Å². The van der Waals surface area contributed by atoms with Gasteiger partial charge in [-0.05, 0) is 25.8 Å². The Labute approximate surface area is 103 Å². The fourth-order valence-corrected chi connectivity index (χ4v) is 1.58. The second-order valence-electron chi connectivity index (χ2n) is 4.74. The van der Waals surface area contributed by atoms with E-state index < -0.39 is 0 Å². The third-order valence-electron chi connectivity index (χ3n) is 3.35. The molecule has 1 amide bonds. The Hall–Kier alpha value is -1.35. The fourth-order valence-electron chi connectivity index (χ4n) is 1.58. The third-order valence-corrected chi connectivity index (χ3v) is 3.35. The lowest BCUT2D eigenvalue weighted by atomic mass is 9.95. The summed E-state index contributed by atoms with van der Waals surface area (Å²) in [5, 5.41) is 3.03. The Morgan fingerprint density at radius 3 is 2.47 bits per heavy atom. The zero-order valence-corrected chi connectivity index (χ0v) is 10.9. The summed E-state index contributed by atoms with van der Waals surface area (Å²) in [7, 11) is 0. The van der Waals surface area contributed by atoms with Gasteiger partial charge in [-0.25, -0.2) is 0 Å². The van der Waals surface area contributed by atoms with Crippen molar-refractivity contribution in [3.63, 3.8) is 0 Å². The van der Waals surface area contributed by atoms with Gasteiger partial charge in [-0.1, -0.05) is 37.3 Å². The first-order valence-electron chi connectivity index (χ1n) is 6.09. The highest BCUT2D eigenvalue weighted by atomic mass is 16.2. The van der Waals surface area contributed by atoms with Crippen molar-refractivity contribution in [1.29, 1.82) is 0 Å². The van der Waals surface area contributed by atoms with Crippen LogP contribution >= 0.6 is 0 Å². The smallest absolute Gasteiger partial charge is 0.227 e. The SMILES string of the molecule is CCC(C)(CN)NC(=O)C(C)c1ccccc1. The van der Waals surface area contributed by atoms with E-state index in [4.69, 9.17) is 5.73 Å². The van der Waals surface area contributed by atoms with Crippen LogP contribution < -0.4 is 11.1 Å². The second-order valence-corrected chi connectivity index (χ2v) is 4.74. The van der Waals surface area contributed by atoms with E-state index in [0.29, 0.717) is 6.54 Å². The summed E-state index contributed by atoms with van der Waals surface area (Å²) in [6.07, 6.45) is 0.830. The molecule has 0 aliphatic rings. The summed E-state index contributed by atoms with van der Waals surface area (Å²) in [5.41, 5.74) is 6.41. The van der Waals surface area contributed by atoms with Crippen molar-refractivity contribution in [3.8, 4) is 0 Å². The van der Waals surface area contributed by atoms with Crippen molar-refractivity contribution in [2.45, 2.75) is 38.6 Å². The molecule has 3 N–H and O–H groups in total. The van der Waals surface area contributed by atoms with Gasteiger partial charge in [-0.2, -0.15) is 0 Å². The Kier molecular flexibility index (Phi) is 4.70. The average molecular weight is 234 g/mol. The zero-order chi connectivity index (χ0) is 12.9. The van der Waals surface area contributed by atoms with Crippen molar-refractivity contribution in [2.24, 2.45) is 5.73 Å². The molecule has 0 aromatic heterocycles.